The number of halogens is 5. The molecule has 6 rings (SSSR count). The number of carbonyl (C=O) groups is 2. The van der Waals surface area contributed by atoms with E-state index in [2.05, 4.69) is 20.1 Å². The maximum atomic E-state index is 15.3. The first-order valence-electron chi connectivity index (χ1n) is 14.0. The molecule has 0 unspecified atom stereocenters. The summed E-state index contributed by atoms with van der Waals surface area (Å²) in [5.41, 5.74) is 6.11. The van der Waals surface area contributed by atoms with E-state index in [1.54, 1.807) is 0 Å². The summed E-state index contributed by atoms with van der Waals surface area (Å²) in [5.74, 6) is -2.82. The topological polar surface area (TPSA) is 131 Å². The molecule has 4 aromatic rings. The fourth-order valence-electron chi connectivity index (χ4n) is 5.93. The van der Waals surface area contributed by atoms with Gasteiger partial charge >= 0.3 is 6.18 Å². The first-order chi connectivity index (χ1) is 21.0. The predicted octanol–water partition coefficient (Wildman–Crippen LogP) is 4.54. The average molecular weight is 616 g/mol. The number of anilines is 1. The van der Waals surface area contributed by atoms with Crippen molar-refractivity contribution in [2.75, 3.05) is 24.5 Å². The van der Waals surface area contributed by atoms with Crippen molar-refractivity contribution < 1.29 is 36.1 Å². The Bertz CT molecular complexity index is 1740. The lowest BCUT2D eigenvalue weighted by molar-refractivity contribution is -0.128. The fourth-order valence-corrected chi connectivity index (χ4v) is 5.93. The Kier molecular flexibility index (Phi) is 7.63. The molecule has 15 heteroatoms. The molecular formula is C29H26F5N7O3. The van der Waals surface area contributed by atoms with Gasteiger partial charge in [0.25, 0.3) is 5.91 Å². The van der Waals surface area contributed by atoms with E-state index in [0.29, 0.717) is 55.5 Å². The molecule has 0 radical (unpaired) electrons. The second-order valence-electron chi connectivity index (χ2n) is 10.9. The predicted molar refractivity (Wildman–Crippen MR) is 146 cm³/mol. The quantitative estimate of drug-likeness (QED) is 0.313. The van der Waals surface area contributed by atoms with Crippen LogP contribution >= 0.6 is 0 Å². The van der Waals surface area contributed by atoms with Gasteiger partial charge in [0.2, 0.25) is 11.8 Å². The fraction of sp³-hybridized carbons (Fsp3) is 0.379. The van der Waals surface area contributed by atoms with E-state index in [1.807, 2.05) is 4.90 Å². The third kappa shape index (κ3) is 5.77. The number of nitrogens with two attached hydrogens (primary N) is 1. The summed E-state index contributed by atoms with van der Waals surface area (Å²) in [5, 5.41) is 3.83. The molecule has 2 aliphatic heterocycles. The van der Waals surface area contributed by atoms with Crippen LogP contribution in [0.3, 0.4) is 0 Å². The van der Waals surface area contributed by atoms with Gasteiger partial charge in [-0.3, -0.25) is 9.59 Å². The maximum absolute atomic E-state index is 15.3. The maximum Gasteiger partial charge on any atom is 0.396 e. The van der Waals surface area contributed by atoms with Gasteiger partial charge in [-0.05, 0) is 55.5 Å². The Morgan fingerprint density at radius 2 is 1.80 bits per heavy atom. The zero-order chi connectivity index (χ0) is 31.2. The van der Waals surface area contributed by atoms with Crippen molar-refractivity contribution in [3.8, 4) is 11.1 Å². The standard InChI is InChI=1S/C29H26F5N7O3/c30-17-11-19(16-3-4-18(21(31)10-16)28(43)41-7-1-2-22(41)25(35)42)24-20(12-17)26(37-14-36-24)40-8-5-15(6-9-40)27-38-23(39-44-27)13-29(32,33)34/h3-4,10-12,14-15,22H,1-2,5-9,13H2,(H2,35,42)/t22-/m0/s1. The molecule has 2 aliphatic rings. The number of primary amides is 1. The third-order valence-corrected chi connectivity index (χ3v) is 8.02. The van der Waals surface area contributed by atoms with Gasteiger partial charge in [-0.1, -0.05) is 11.2 Å². The van der Waals surface area contributed by atoms with Crippen molar-refractivity contribution in [3.05, 3.63) is 65.6 Å². The van der Waals surface area contributed by atoms with Crippen molar-refractivity contribution in [1.29, 1.82) is 0 Å². The summed E-state index contributed by atoms with van der Waals surface area (Å²) in [6.07, 6.45) is -2.44. The van der Waals surface area contributed by atoms with E-state index in [0.717, 1.165) is 6.07 Å². The highest BCUT2D eigenvalue weighted by atomic mass is 19.4. The molecule has 230 valence electrons. The number of carbonyl (C=O) groups excluding carboxylic acids is 2. The molecule has 2 N–H and O–H groups in total. The molecule has 2 saturated heterocycles. The Morgan fingerprint density at radius 3 is 2.50 bits per heavy atom. The van der Waals surface area contributed by atoms with Crippen LogP contribution in [0.2, 0.25) is 0 Å². The minimum Gasteiger partial charge on any atom is -0.368 e. The Hall–Kier alpha value is -4.69. The zero-order valence-electron chi connectivity index (χ0n) is 23.2. The summed E-state index contributed by atoms with van der Waals surface area (Å²) in [6.45, 7) is 1.13. The number of nitrogens with zero attached hydrogens (tertiary/aromatic N) is 6. The number of hydrogen-bond donors (Lipinski definition) is 1. The molecule has 44 heavy (non-hydrogen) atoms. The first kappa shape index (κ1) is 29.4. The van der Waals surface area contributed by atoms with Crippen molar-refractivity contribution in [1.82, 2.24) is 25.0 Å². The monoisotopic (exact) mass is 615 g/mol. The molecule has 0 bridgehead atoms. The van der Waals surface area contributed by atoms with E-state index in [-0.39, 0.29) is 35.0 Å². The summed E-state index contributed by atoms with van der Waals surface area (Å²) in [4.78, 5) is 40.6. The first-order valence-corrected chi connectivity index (χ1v) is 14.0. The molecule has 0 aliphatic carbocycles. The SMILES string of the molecule is NC(=O)[C@@H]1CCCN1C(=O)c1ccc(-c2cc(F)cc3c(N4CCC(c5nc(CC(F)(F)F)no5)CC4)ncnc23)cc1F. The molecule has 2 fully saturated rings. The van der Waals surface area contributed by atoms with Crippen LogP contribution in [0, 0.1) is 11.6 Å². The smallest absolute Gasteiger partial charge is 0.368 e. The van der Waals surface area contributed by atoms with Crippen molar-refractivity contribution >= 4 is 28.5 Å². The van der Waals surface area contributed by atoms with Crippen LogP contribution < -0.4 is 10.6 Å². The van der Waals surface area contributed by atoms with Gasteiger partial charge < -0.3 is 20.1 Å². The lowest BCUT2D eigenvalue weighted by Gasteiger charge is -2.32. The number of likely N-dealkylation sites (tertiary alicyclic amines) is 1. The highest BCUT2D eigenvalue weighted by Gasteiger charge is 2.35. The molecule has 0 saturated carbocycles. The van der Waals surface area contributed by atoms with Crippen LogP contribution in [0.25, 0.3) is 22.0 Å². The van der Waals surface area contributed by atoms with Gasteiger partial charge in [-0.2, -0.15) is 18.2 Å². The third-order valence-electron chi connectivity index (χ3n) is 8.02. The van der Waals surface area contributed by atoms with Crippen LogP contribution in [0.15, 0.2) is 41.2 Å². The molecule has 1 atom stereocenters. The van der Waals surface area contributed by atoms with Crippen molar-refractivity contribution in [3.63, 3.8) is 0 Å². The van der Waals surface area contributed by atoms with E-state index < -0.39 is 47.9 Å². The van der Waals surface area contributed by atoms with Gasteiger partial charge in [0.15, 0.2) is 5.82 Å². The highest BCUT2D eigenvalue weighted by Crippen LogP contribution is 2.36. The molecular weight excluding hydrogens is 589 g/mol. The molecule has 0 spiro atoms. The number of fused-ring (bicyclic) bond motifs is 1. The number of piperidine rings is 1. The minimum absolute atomic E-state index is 0.142. The molecule has 2 aromatic heterocycles. The highest BCUT2D eigenvalue weighted by molar-refractivity contribution is 6.01. The summed E-state index contributed by atoms with van der Waals surface area (Å²) < 4.78 is 73.4. The second kappa shape index (κ2) is 11.4. The van der Waals surface area contributed by atoms with Gasteiger partial charge in [0.05, 0.1) is 11.1 Å². The summed E-state index contributed by atoms with van der Waals surface area (Å²) in [6, 6.07) is 5.62. The van der Waals surface area contributed by atoms with E-state index in [1.165, 1.54) is 35.5 Å². The minimum atomic E-state index is -4.44. The Labute approximate surface area is 247 Å². The van der Waals surface area contributed by atoms with E-state index >= 15 is 4.39 Å². The molecule has 2 aromatic carbocycles. The van der Waals surface area contributed by atoms with Gasteiger partial charge in [-0.25, -0.2) is 18.7 Å². The Balaban J connectivity index is 1.24. The number of hydrogen-bond acceptors (Lipinski definition) is 8. The largest absolute Gasteiger partial charge is 0.396 e. The van der Waals surface area contributed by atoms with Gasteiger partial charge in [0.1, 0.15) is 36.2 Å². The number of benzene rings is 2. The average Bonchev–Trinajstić information content (AvgIpc) is 3.66. The number of rotatable bonds is 6. The van der Waals surface area contributed by atoms with E-state index in [9.17, 15) is 27.2 Å². The molecule has 4 heterocycles. The van der Waals surface area contributed by atoms with Crippen LogP contribution in [-0.4, -0.2) is 68.7 Å². The number of alkyl halides is 3. The molecule has 10 nitrogen and oxygen atoms in total. The van der Waals surface area contributed by atoms with Crippen LogP contribution in [0.4, 0.5) is 27.8 Å². The van der Waals surface area contributed by atoms with Gasteiger partial charge in [-0.15, -0.1) is 0 Å². The summed E-state index contributed by atoms with van der Waals surface area (Å²) in [7, 11) is 0. The lowest BCUT2D eigenvalue weighted by Crippen LogP contribution is -2.43. The van der Waals surface area contributed by atoms with Gasteiger partial charge in [0, 0.05) is 36.5 Å². The zero-order valence-corrected chi connectivity index (χ0v) is 23.2. The lowest BCUT2D eigenvalue weighted by atomic mass is 9.96. The normalized spacial score (nSPS) is 17.9. The number of aromatic nitrogens is 4. The second-order valence-corrected chi connectivity index (χ2v) is 10.9. The Morgan fingerprint density at radius 1 is 1.02 bits per heavy atom. The van der Waals surface area contributed by atoms with Crippen LogP contribution in [-0.2, 0) is 11.2 Å². The van der Waals surface area contributed by atoms with Crippen molar-refractivity contribution in [2.45, 2.75) is 50.2 Å². The molecule has 2 amide bonds. The van der Waals surface area contributed by atoms with Crippen LogP contribution in [0.1, 0.15) is 53.7 Å². The van der Waals surface area contributed by atoms with E-state index in [4.69, 9.17) is 10.3 Å². The van der Waals surface area contributed by atoms with Crippen molar-refractivity contribution in [2.24, 2.45) is 5.73 Å². The summed E-state index contributed by atoms with van der Waals surface area (Å²) >= 11 is 0. The number of amides is 2. The van der Waals surface area contributed by atoms with Crippen LogP contribution in [0.5, 0.6) is 0 Å².